The Morgan fingerprint density at radius 3 is 1.76 bits per heavy atom. The molecule has 10 amide bonds. The molecule has 75 heavy (non-hydrogen) atoms. The van der Waals surface area contributed by atoms with Gasteiger partial charge in [-0.2, -0.15) is 0 Å². The Morgan fingerprint density at radius 1 is 0.653 bits per heavy atom. The number of aromatic hydroxyl groups is 1. The molecule has 1 fully saturated rings. The number of amides is 10. The van der Waals surface area contributed by atoms with Crippen molar-refractivity contribution in [1.29, 1.82) is 0 Å². The largest absolute Gasteiger partial charge is 0.508 e. The van der Waals surface area contributed by atoms with Gasteiger partial charge in [0.15, 0.2) is 0 Å². The molecule has 10 N–H and O–H groups in total. The zero-order valence-corrected chi connectivity index (χ0v) is 43.2. The van der Waals surface area contributed by atoms with E-state index in [1.807, 2.05) is 0 Å². The summed E-state index contributed by atoms with van der Waals surface area (Å²) < 4.78 is 0. The van der Waals surface area contributed by atoms with Crippen LogP contribution in [0, 0.1) is 5.92 Å². The summed E-state index contributed by atoms with van der Waals surface area (Å²) in [6, 6.07) is 14.7. The van der Waals surface area contributed by atoms with Crippen LogP contribution < -0.4 is 37.6 Å². The van der Waals surface area contributed by atoms with Gasteiger partial charge in [0, 0.05) is 52.6 Å². The lowest BCUT2D eigenvalue weighted by Gasteiger charge is -2.34. The van der Waals surface area contributed by atoms with E-state index in [1.165, 1.54) is 45.4 Å². The summed E-state index contributed by atoms with van der Waals surface area (Å²) in [5, 5.41) is 35.0. The van der Waals surface area contributed by atoms with E-state index in [0.29, 0.717) is 16.7 Å². The van der Waals surface area contributed by atoms with E-state index in [9.17, 15) is 63.0 Å². The first kappa shape index (κ1) is 59.5. The molecule has 1 saturated heterocycles. The minimum absolute atomic E-state index is 0.0497. The first-order chi connectivity index (χ1) is 35.5. The van der Waals surface area contributed by atoms with Gasteiger partial charge < -0.3 is 62.5 Å². The Labute approximate surface area is 438 Å². The van der Waals surface area contributed by atoms with Crippen LogP contribution in [-0.4, -0.2) is 178 Å². The van der Waals surface area contributed by atoms with Crippen molar-refractivity contribution in [3.8, 4) is 5.75 Å². The van der Waals surface area contributed by atoms with Crippen molar-refractivity contribution in [2.75, 3.05) is 52.3 Å². The molecule has 1 unspecified atom stereocenters. The van der Waals surface area contributed by atoms with E-state index >= 15 is 0 Å². The van der Waals surface area contributed by atoms with Crippen molar-refractivity contribution < 1.29 is 63.0 Å². The number of carbonyl (C=O) groups is 11. The second kappa shape index (κ2) is 29.0. The molecule has 1 aliphatic heterocycles. The second-order valence-corrected chi connectivity index (χ2v) is 19.4. The lowest BCUT2D eigenvalue weighted by molar-refractivity contribution is -0.147. The number of carboxylic acids is 1. The lowest BCUT2D eigenvalue weighted by Crippen LogP contribution is -2.59. The molecule has 0 bridgehead atoms. The third-order valence-corrected chi connectivity index (χ3v) is 13.0. The summed E-state index contributed by atoms with van der Waals surface area (Å²) >= 11 is 0.881. The smallest absolute Gasteiger partial charge is 0.303 e. The number of hydrogen-bond donors (Lipinski definition) is 9. The molecule has 24 heteroatoms. The zero-order chi connectivity index (χ0) is 55.4. The van der Waals surface area contributed by atoms with E-state index in [0.717, 1.165) is 26.5 Å². The molecule has 0 aromatic heterocycles. The number of nitrogens with zero attached hydrogens (tertiary/aromatic N) is 3. The Bertz CT molecular complexity index is 2520. The van der Waals surface area contributed by atoms with Gasteiger partial charge in [-0.1, -0.05) is 86.6 Å². The van der Waals surface area contributed by atoms with Crippen molar-refractivity contribution in [2.45, 2.75) is 82.2 Å². The highest BCUT2D eigenvalue weighted by atomic mass is 32.2. The van der Waals surface area contributed by atoms with E-state index in [1.54, 1.807) is 74.5 Å². The molecule has 404 valence electrons. The van der Waals surface area contributed by atoms with Gasteiger partial charge in [0.25, 0.3) is 0 Å². The number of thioether (sulfide) groups is 1. The van der Waals surface area contributed by atoms with Crippen molar-refractivity contribution in [3.63, 3.8) is 0 Å². The van der Waals surface area contributed by atoms with Crippen LogP contribution in [0.15, 0.2) is 84.9 Å². The van der Waals surface area contributed by atoms with E-state index < -0.39 is 140 Å². The minimum atomic E-state index is -1.53. The molecule has 6 atom stereocenters. The second-order valence-electron chi connectivity index (χ2n) is 18.4. The van der Waals surface area contributed by atoms with Crippen LogP contribution in [0.1, 0.15) is 43.4 Å². The monoisotopic (exact) mass is 1060 g/mol. The highest BCUT2D eigenvalue weighted by molar-refractivity contribution is 8.00. The summed E-state index contributed by atoms with van der Waals surface area (Å²) in [7, 11) is 3.87. The quantitative estimate of drug-likeness (QED) is 0.0938. The molecular weight excluding hydrogens is 993 g/mol. The Kier molecular flexibility index (Phi) is 23.0. The van der Waals surface area contributed by atoms with Crippen molar-refractivity contribution >= 4 is 76.8 Å². The number of hydrogen-bond acceptors (Lipinski definition) is 13. The van der Waals surface area contributed by atoms with Gasteiger partial charge in [-0.3, -0.25) is 52.7 Å². The van der Waals surface area contributed by atoms with Crippen molar-refractivity contribution in [1.82, 2.24) is 46.6 Å². The van der Waals surface area contributed by atoms with Gasteiger partial charge >= 0.3 is 5.97 Å². The van der Waals surface area contributed by atoms with Gasteiger partial charge in [0.05, 0.1) is 25.4 Å². The topological polar surface area (TPSA) is 336 Å². The molecule has 3 aromatic rings. The van der Waals surface area contributed by atoms with Crippen molar-refractivity contribution in [2.24, 2.45) is 11.7 Å². The van der Waals surface area contributed by atoms with Crippen molar-refractivity contribution in [3.05, 3.63) is 102 Å². The number of phenolic OH excluding ortho intramolecular Hbond substituents is 1. The van der Waals surface area contributed by atoms with Gasteiger partial charge in [0.1, 0.15) is 42.0 Å². The molecule has 3 aromatic carbocycles. The highest BCUT2D eigenvalue weighted by Crippen LogP contribution is 2.17. The average molecular weight is 1060 g/mol. The normalized spacial score (nSPS) is 21.8. The zero-order valence-electron chi connectivity index (χ0n) is 42.4. The summed E-state index contributed by atoms with van der Waals surface area (Å²) in [5.74, 6) is -10.8. The third-order valence-electron chi connectivity index (χ3n) is 11.9. The number of benzene rings is 3. The Hall–Kier alpha value is -8.02. The fraction of sp³-hybridized carbons (Fsp3) is 0.431. The predicted molar refractivity (Wildman–Crippen MR) is 275 cm³/mol. The molecule has 0 aliphatic carbocycles. The van der Waals surface area contributed by atoms with Crippen LogP contribution >= 0.6 is 11.8 Å². The summed E-state index contributed by atoms with van der Waals surface area (Å²) in [4.78, 5) is 153. The van der Waals surface area contributed by atoms with Crippen LogP contribution in [0.3, 0.4) is 0 Å². The highest BCUT2D eigenvalue weighted by Gasteiger charge is 2.37. The van der Waals surface area contributed by atoms with Crippen LogP contribution in [-0.2, 0) is 72.0 Å². The number of primary amides is 1. The van der Waals surface area contributed by atoms with Gasteiger partial charge in [-0.15, -0.1) is 11.8 Å². The number of carbonyl (C=O) groups excluding carboxylic acids is 10. The average Bonchev–Trinajstić information content (AvgIpc) is 3.36. The minimum Gasteiger partial charge on any atom is -0.508 e. The number of nitrogens with one attached hydrogen (secondary N) is 6. The lowest BCUT2D eigenvalue weighted by atomic mass is 10.00. The molecule has 1 heterocycles. The summed E-state index contributed by atoms with van der Waals surface area (Å²) in [5.41, 5.74) is 6.98. The molecule has 1 aliphatic rings. The Balaban J connectivity index is 1.79. The number of likely N-dealkylation sites (N-methyl/N-ethyl adjacent to an activating group) is 3. The summed E-state index contributed by atoms with van der Waals surface area (Å²) in [6.45, 7) is 1.26. The fourth-order valence-electron chi connectivity index (χ4n) is 7.90. The van der Waals surface area contributed by atoms with Gasteiger partial charge in [-0.25, -0.2) is 0 Å². The molecule has 4 rings (SSSR count). The van der Waals surface area contributed by atoms with Crippen LogP contribution in [0.25, 0.3) is 0 Å². The maximum Gasteiger partial charge on any atom is 0.303 e. The Morgan fingerprint density at radius 2 is 1.19 bits per heavy atom. The van der Waals surface area contributed by atoms with E-state index in [2.05, 4.69) is 31.9 Å². The first-order valence-electron chi connectivity index (χ1n) is 24.0. The standard InChI is InChI=1S/C51H66N10O13S/c1-30(2)45-48(71)57-35(20-21-44(67)68)49(72)59(3)26-41(64)55-37(23-33-16-18-34(62)19-17-33)50(73)61(5)39(24-32-14-10-7-11-15-32)51(74)60(4)27-42(65)56-38(46(69)53-25-40(52)63)28-75-29-43(66)54-36(47(70)58-45)22-31-12-8-6-9-13-31/h6-19,30,35-39,45,62H,20-29H2,1-5H3,(H2,52,63)(H,53,69)(H,54,66)(H,55,64)(H,56,65)(H,57,71)(H,58,70)(H,67,68)/t35-,36-,37-,38-,39-,45?/m0/s1. The van der Waals surface area contributed by atoms with Gasteiger partial charge in [0.2, 0.25) is 59.1 Å². The molecular formula is C51H66N10O13S. The third kappa shape index (κ3) is 19.4. The van der Waals surface area contributed by atoms with E-state index in [-0.39, 0.29) is 36.5 Å². The molecule has 23 nitrogen and oxygen atoms in total. The first-order valence-corrected chi connectivity index (χ1v) is 25.1. The summed E-state index contributed by atoms with van der Waals surface area (Å²) in [6.07, 6.45) is -1.32. The molecule has 0 spiro atoms. The predicted octanol–water partition coefficient (Wildman–Crippen LogP) is -1.54. The number of nitrogens with two attached hydrogens (primary N) is 1. The van der Waals surface area contributed by atoms with Crippen LogP contribution in [0.4, 0.5) is 0 Å². The number of rotatable bonds is 13. The molecule has 0 radical (unpaired) electrons. The van der Waals surface area contributed by atoms with E-state index in [4.69, 9.17) is 5.73 Å². The maximum absolute atomic E-state index is 14.7. The van der Waals surface area contributed by atoms with Gasteiger partial charge in [-0.05, 0) is 41.2 Å². The number of phenols is 1. The maximum atomic E-state index is 14.7. The number of aliphatic carboxylic acids is 1. The number of carboxylic acid groups (broad SMARTS) is 1. The molecule has 0 saturated carbocycles. The fourth-order valence-corrected chi connectivity index (χ4v) is 8.76. The SMILES string of the molecule is CC(C)C1NC(=O)[C@H](Cc2ccccc2)NC(=O)CSC[C@@H](C(=O)NCC(N)=O)NC(=O)CN(C)C(=O)[C@H](Cc2ccccc2)N(C)C(=O)[C@H](Cc2ccc(O)cc2)NC(=O)CN(C)C(=O)[C@H](CCC(=O)O)NC1=O. The van der Waals surface area contributed by atoms with Crippen LogP contribution in [0.2, 0.25) is 0 Å². The van der Waals surface area contributed by atoms with Crippen LogP contribution in [0.5, 0.6) is 5.75 Å².